The summed E-state index contributed by atoms with van der Waals surface area (Å²) in [7, 11) is 1.78. The summed E-state index contributed by atoms with van der Waals surface area (Å²) in [6, 6.07) is 7.01. The van der Waals surface area contributed by atoms with Gasteiger partial charge in [0, 0.05) is 17.5 Å². The molecule has 19 heavy (non-hydrogen) atoms. The van der Waals surface area contributed by atoms with E-state index in [1.54, 1.807) is 41.5 Å². The molecule has 0 radical (unpaired) electrons. The van der Waals surface area contributed by atoms with Gasteiger partial charge in [0.15, 0.2) is 0 Å². The van der Waals surface area contributed by atoms with Gasteiger partial charge in [-0.25, -0.2) is 0 Å². The summed E-state index contributed by atoms with van der Waals surface area (Å²) in [6.07, 6.45) is 0. The van der Waals surface area contributed by atoms with Crippen molar-refractivity contribution in [2.75, 3.05) is 12.8 Å². The first kappa shape index (κ1) is 13.9. The molecule has 0 spiro atoms. The second kappa shape index (κ2) is 5.63. The van der Waals surface area contributed by atoms with Crippen LogP contribution in [0.15, 0.2) is 29.6 Å². The van der Waals surface area contributed by atoms with E-state index in [4.69, 9.17) is 17.3 Å². The Morgan fingerprint density at radius 2 is 2.16 bits per heavy atom. The van der Waals surface area contributed by atoms with Crippen LogP contribution in [0.1, 0.15) is 20.8 Å². The molecule has 0 saturated heterocycles. The number of hydrogen-bond donors (Lipinski definition) is 1. The molecule has 0 atom stereocenters. The van der Waals surface area contributed by atoms with Crippen LogP contribution in [0, 0.1) is 6.92 Å². The Bertz CT molecular complexity index is 609. The first-order valence-electron chi connectivity index (χ1n) is 5.82. The topological polar surface area (TPSA) is 46.3 Å². The zero-order chi connectivity index (χ0) is 14.0. The van der Waals surface area contributed by atoms with Gasteiger partial charge in [-0.1, -0.05) is 11.6 Å². The largest absolute Gasteiger partial charge is 0.398 e. The van der Waals surface area contributed by atoms with E-state index in [0.717, 1.165) is 0 Å². The highest BCUT2D eigenvalue weighted by molar-refractivity contribution is 7.10. The molecule has 0 aliphatic heterocycles. The molecule has 2 rings (SSSR count). The van der Waals surface area contributed by atoms with Crippen LogP contribution in [0.5, 0.6) is 0 Å². The van der Waals surface area contributed by atoms with Crippen LogP contribution in [0.2, 0.25) is 5.02 Å². The van der Waals surface area contributed by atoms with Gasteiger partial charge >= 0.3 is 0 Å². The quantitative estimate of drug-likeness (QED) is 0.880. The molecule has 0 saturated carbocycles. The number of anilines is 1. The fourth-order valence-electron chi connectivity index (χ4n) is 1.75. The van der Waals surface area contributed by atoms with Gasteiger partial charge in [0.25, 0.3) is 5.91 Å². The number of nitrogens with two attached hydrogens (primary N) is 1. The number of halogens is 1. The van der Waals surface area contributed by atoms with Gasteiger partial charge in [-0.05, 0) is 42.1 Å². The summed E-state index contributed by atoms with van der Waals surface area (Å²) >= 11 is 7.51. The lowest BCUT2D eigenvalue weighted by atomic mass is 10.1. The van der Waals surface area contributed by atoms with E-state index in [1.807, 2.05) is 12.3 Å². The molecule has 1 amide bonds. The van der Waals surface area contributed by atoms with E-state index < -0.39 is 0 Å². The second-order valence-corrected chi connectivity index (χ2v) is 5.83. The van der Waals surface area contributed by atoms with Crippen LogP contribution in [-0.4, -0.2) is 17.9 Å². The summed E-state index contributed by atoms with van der Waals surface area (Å²) in [5.41, 5.74) is 7.91. The highest BCUT2D eigenvalue weighted by Gasteiger charge is 2.14. The average molecular weight is 295 g/mol. The van der Waals surface area contributed by atoms with E-state index >= 15 is 0 Å². The van der Waals surface area contributed by atoms with Crippen molar-refractivity contribution in [1.29, 1.82) is 0 Å². The molecule has 2 aromatic rings. The summed E-state index contributed by atoms with van der Waals surface area (Å²) in [4.78, 5) is 15.2. The molecule has 100 valence electrons. The minimum atomic E-state index is -0.0591. The Morgan fingerprint density at radius 1 is 1.42 bits per heavy atom. The first-order chi connectivity index (χ1) is 8.99. The van der Waals surface area contributed by atoms with Gasteiger partial charge in [-0.2, -0.15) is 0 Å². The van der Waals surface area contributed by atoms with Crippen molar-refractivity contribution in [2.45, 2.75) is 13.5 Å². The Morgan fingerprint density at radius 3 is 2.74 bits per heavy atom. The van der Waals surface area contributed by atoms with Gasteiger partial charge in [0.05, 0.1) is 17.3 Å². The fourth-order valence-corrected chi connectivity index (χ4v) is 2.83. The molecule has 0 bridgehead atoms. The third-order valence-electron chi connectivity index (χ3n) is 2.94. The number of rotatable bonds is 3. The zero-order valence-electron chi connectivity index (χ0n) is 10.8. The maximum atomic E-state index is 12.3. The molecule has 0 fully saturated rings. The van der Waals surface area contributed by atoms with E-state index in [1.165, 1.54) is 10.4 Å². The predicted octanol–water partition coefficient (Wildman–Crippen LogP) is 3.56. The smallest absolute Gasteiger partial charge is 0.253 e. The number of hydrogen-bond acceptors (Lipinski definition) is 3. The van der Waals surface area contributed by atoms with Crippen LogP contribution in [-0.2, 0) is 6.54 Å². The van der Waals surface area contributed by atoms with Gasteiger partial charge in [0.2, 0.25) is 0 Å². The zero-order valence-corrected chi connectivity index (χ0v) is 12.4. The van der Waals surface area contributed by atoms with E-state index in [2.05, 4.69) is 6.07 Å². The van der Waals surface area contributed by atoms with Crippen molar-refractivity contribution in [1.82, 2.24) is 4.90 Å². The minimum Gasteiger partial charge on any atom is -0.398 e. The minimum absolute atomic E-state index is 0.0591. The van der Waals surface area contributed by atoms with Crippen LogP contribution in [0.3, 0.4) is 0 Å². The maximum absolute atomic E-state index is 12.3. The summed E-state index contributed by atoms with van der Waals surface area (Å²) in [5, 5.41) is 2.50. The Hall–Kier alpha value is -1.52. The molecule has 0 unspecified atom stereocenters. The lowest BCUT2D eigenvalue weighted by Gasteiger charge is -2.17. The number of nitrogens with zero attached hydrogens (tertiary/aromatic N) is 1. The highest BCUT2D eigenvalue weighted by Crippen LogP contribution is 2.22. The first-order valence-corrected chi connectivity index (χ1v) is 7.08. The number of amides is 1. The van der Waals surface area contributed by atoms with Crippen LogP contribution >= 0.6 is 22.9 Å². The van der Waals surface area contributed by atoms with Gasteiger partial charge in [-0.3, -0.25) is 4.79 Å². The predicted molar refractivity (Wildman–Crippen MR) is 80.7 cm³/mol. The van der Waals surface area contributed by atoms with Crippen molar-refractivity contribution in [3.8, 4) is 0 Å². The summed E-state index contributed by atoms with van der Waals surface area (Å²) in [6.45, 7) is 2.65. The van der Waals surface area contributed by atoms with E-state index in [9.17, 15) is 4.79 Å². The molecule has 0 aliphatic rings. The highest BCUT2D eigenvalue weighted by atomic mass is 35.5. The molecule has 1 aromatic carbocycles. The van der Waals surface area contributed by atoms with Gasteiger partial charge in [-0.15, -0.1) is 11.3 Å². The molecule has 0 aliphatic carbocycles. The number of carbonyl (C=O) groups is 1. The van der Waals surface area contributed by atoms with Crippen molar-refractivity contribution < 1.29 is 4.79 Å². The normalized spacial score (nSPS) is 10.5. The fraction of sp³-hybridized carbons (Fsp3) is 0.214. The number of benzene rings is 1. The molecule has 1 aromatic heterocycles. The second-order valence-electron chi connectivity index (χ2n) is 4.42. The van der Waals surface area contributed by atoms with Crippen molar-refractivity contribution in [3.05, 3.63) is 50.7 Å². The summed E-state index contributed by atoms with van der Waals surface area (Å²) in [5.74, 6) is -0.0591. The van der Waals surface area contributed by atoms with Crippen LogP contribution < -0.4 is 5.73 Å². The van der Waals surface area contributed by atoms with Gasteiger partial charge < -0.3 is 10.6 Å². The number of thiophene rings is 1. The third kappa shape index (κ3) is 3.08. The van der Waals surface area contributed by atoms with Gasteiger partial charge in [0.1, 0.15) is 0 Å². The number of nitrogen functional groups attached to an aromatic ring is 1. The number of carbonyl (C=O) groups excluding carboxylic acids is 1. The van der Waals surface area contributed by atoms with Crippen molar-refractivity contribution in [3.63, 3.8) is 0 Å². The average Bonchev–Trinajstić information content (AvgIpc) is 2.77. The lowest BCUT2D eigenvalue weighted by Crippen LogP contribution is -2.26. The number of aryl methyl sites for hydroxylation is 1. The van der Waals surface area contributed by atoms with Crippen molar-refractivity contribution in [2.24, 2.45) is 0 Å². The third-order valence-corrected chi connectivity index (χ3v) is 4.29. The Balaban J connectivity index is 2.15. The lowest BCUT2D eigenvalue weighted by molar-refractivity contribution is 0.0786. The van der Waals surface area contributed by atoms with Crippen LogP contribution in [0.25, 0.3) is 0 Å². The maximum Gasteiger partial charge on any atom is 0.253 e. The Labute approximate surface area is 121 Å². The Kier molecular flexibility index (Phi) is 4.12. The van der Waals surface area contributed by atoms with Crippen molar-refractivity contribution >= 4 is 34.5 Å². The SMILES string of the molecule is Cc1ccsc1CN(C)C(=O)c1ccc(Cl)c(N)c1. The molecule has 2 N–H and O–H groups in total. The molecular formula is C14H15ClN2OS. The molecule has 3 nitrogen and oxygen atoms in total. The van der Waals surface area contributed by atoms with E-state index in [0.29, 0.717) is 22.8 Å². The van der Waals surface area contributed by atoms with Crippen LogP contribution in [0.4, 0.5) is 5.69 Å². The van der Waals surface area contributed by atoms with E-state index in [-0.39, 0.29) is 5.91 Å². The molecule has 1 heterocycles. The molecular weight excluding hydrogens is 280 g/mol. The summed E-state index contributed by atoms with van der Waals surface area (Å²) < 4.78 is 0. The monoisotopic (exact) mass is 294 g/mol. The standard InChI is InChI=1S/C14H15ClN2OS/c1-9-5-6-19-13(9)8-17(2)14(18)10-3-4-11(15)12(16)7-10/h3-7H,8,16H2,1-2H3. The molecule has 5 heteroatoms.